The highest BCUT2D eigenvalue weighted by molar-refractivity contribution is 6.32. The van der Waals surface area contributed by atoms with Gasteiger partial charge in [0.15, 0.2) is 6.10 Å². The van der Waals surface area contributed by atoms with E-state index in [0.717, 1.165) is 0 Å². The third kappa shape index (κ3) is 4.47. The second-order valence-electron chi connectivity index (χ2n) is 4.95. The highest BCUT2D eigenvalue weighted by atomic mass is 35.5. The van der Waals surface area contributed by atoms with Gasteiger partial charge >= 0.3 is 0 Å². The molecule has 0 saturated carbocycles. The van der Waals surface area contributed by atoms with Crippen LogP contribution < -0.4 is 15.8 Å². The summed E-state index contributed by atoms with van der Waals surface area (Å²) in [4.78, 5) is 23.9. The Morgan fingerprint density at radius 1 is 1.09 bits per heavy atom. The number of carbonyl (C=O) groups is 2. The highest BCUT2D eigenvalue weighted by Gasteiger charge is 2.24. The van der Waals surface area contributed by atoms with Crippen molar-refractivity contribution < 1.29 is 14.3 Å². The van der Waals surface area contributed by atoms with E-state index in [1.165, 1.54) is 0 Å². The summed E-state index contributed by atoms with van der Waals surface area (Å²) in [6.07, 6.45) is -0.833. The van der Waals surface area contributed by atoms with Crippen molar-refractivity contribution in [2.24, 2.45) is 5.73 Å². The van der Waals surface area contributed by atoms with Crippen LogP contribution in [-0.4, -0.2) is 17.9 Å². The lowest BCUT2D eigenvalue weighted by atomic mass is 10.1. The summed E-state index contributed by atoms with van der Waals surface area (Å²) in [7, 11) is 0. The molecule has 23 heavy (non-hydrogen) atoms. The van der Waals surface area contributed by atoms with Crippen molar-refractivity contribution in [3.05, 3.63) is 65.2 Å². The number of primary amides is 1. The van der Waals surface area contributed by atoms with E-state index in [9.17, 15) is 9.59 Å². The first-order valence-electron chi connectivity index (χ1n) is 7.05. The van der Waals surface area contributed by atoms with Gasteiger partial charge in [-0.15, -0.1) is 0 Å². The van der Waals surface area contributed by atoms with Gasteiger partial charge < -0.3 is 15.8 Å². The summed E-state index contributed by atoms with van der Waals surface area (Å²) in [5.74, 6) is -0.709. The van der Waals surface area contributed by atoms with Crippen molar-refractivity contribution in [3.63, 3.8) is 0 Å². The molecular weight excluding hydrogens is 316 g/mol. The summed E-state index contributed by atoms with van der Waals surface area (Å²) in [6.45, 7) is 1.57. The summed E-state index contributed by atoms with van der Waals surface area (Å²) >= 11 is 5.99. The number of nitrogens with two attached hydrogens (primary N) is 1. The zero-order chi connectivity index (χ0) is 16.8. The van der Waals surface area contributed by atoms with Crippen LogP contribution in [0.25, 0.3) is 0 Å². The van der Waals surface area contributed by atoms with Crippen molar-refractivity contribution in [1.82, 2.24) is 5.32 Å². The predicted octanol–water partition coefficient (Wildman–Crippen LogP) is 2.45. The minimum Gasteiger partial charge on any atom is -0.479 e. The van der Waals surface area contributed by atoms with E-state index in [1.807, 2.05) is 6.07 Å². The number of ether oxygens (including phenoxy) is 1. The zero-order valence-electron chi connectivity index (χ0n) is 12.5. The van der Waals surface area contributed by atoms with Gasteiger partial charge in [-0.05, 0) is 24.6 Å². The molecule has 3 N–H and O–H groups in total. The molecule has 0 unspecified atom stereocenters. The number of hydrogen-bond donors (Lipinski definition) is 2. The van der Waals surface area contributed by atoms with Crippen LogP contribution in [0.2, 0.25) is 5.02 Å². The van der Waals surface area contributed by atoms with Crippen LogP contribution in [0.1, 0.15) is 18.5 Å². The van der Waals surface area contributed by atoms with Gasteiger partial charge in [-0.3, -0.25) is 9.59 Å². The third-order valence-electron chi connectivity index (χ3n) is 3.21. The first kappa shape index (κ1) is 16.8. The highest BCUT2D eigenvalue weighted by Crippen LogP contribution is 2.24. The van der Waals surface area contributed by atoms with Crippen LogP contribution >= 0.6 is 11.6 Å². The van der Waals surface area contributed by atoms with Crippen LogP contribution in [0.3, 0.4) is 0 Å². The molecule has 2 amide bonds. The topological polar surface area (TPSA) is 81.4 Å². The Morgan fingerprint density at radius 3 is 2.30 bits per heavy atom. The first-order chi connectivity index (χ1) is 11.0. The normalized spacial score (nSPS) is 13.0. The molecule has 2 aromatic rings. The van der Waals surface area contributed by atoms with E-state index in [-0.39, 0.29) is 0 Å². The fourth-order valence-corrected chi connectivity index (χ4v) is 2.19. The van der Waals surface area contributed by atoms with Gasteiger partial charge in [0.2, 0.25) is 5.91 Å². The lowest BCUT2D eigenvalue weighted by molar-refractivity contribution is -0.131. The molecule has 0 aliphatic rings. The second kappa shape index (κ2) is 7.65. The Labute approximate surface area is 139 Å². The Balaban J connectivity index is 2.07. The monoisotopic (exact) mass is 332 g/mol. The Bertz CT molecular complexity index is 691. The smallest absolute Gasteiger partial charge is 0.261 e. The standard InChI is InChI=1S/C17H17ClN2O3/c1-11(23-14-10-6-5-9-13(14)18)17(22)20-15(16(19)21)12-7-3-2-4-8-12/h2-11,15H,1H3,(H2,19,21)(H,20,22)/t11-,15+/m1/s1. The predicted molar refractivity (Wildman–Crippen MR) is 88.1 cm³/mol. The van der Waals surface area contributed by atoms with Crippen molar-refractivity contribution in [2.45, 2.75) is 19.1 Å². The number of benzene rings is 2. The number of hydrogen-bond acceptors (Lipinski definition) is 3. The Hall–Kier alpha value is -2.53. The number of rotatable bonds is 6. The maximum absolute atomic E-state index is 12.3. The molecule has 0 heterocycles. The van der Waals surface area contributed by atoms with Crippen molar-refractivity contribution in [2.75, 3.05) is 0 Å². The van der Waals surface area contributed by atoms with Crippen LogP contribution in [0, 0.1) is 0 Å². The summed E-state index contributed by atoms with van der Waals surface area (Å²) < 4.78 is 5.53. The van der Waals surface area contributed by atoms with Crippen LogP contribution in [0.4, 0.5) is 0 Å². The van der Waals surface area contributed by atoms with Gasteiger partial charge in [0.1, 0.15) is 11.8 Å². The van der Waals surface area contributed by atoms with Gasteiger partial charge in [-0.25, -0.2) is 0 Å². The molecule has 0 aliphatic heterocycles. The molecule has 120 valence electrons. The molecule has 6 heteroatoms. The molecule has 2 atom stereocenters. The average Bonchev–Trinajstić information content (AvgIpc) is 2.55. The van der Waals surface area contributed by atoms with Gasteiger partial charge in [-0.1, -0.05) is 54.1 Å². The van der Waals surface area contributed by atoms with Gasteiger partial charge in [0.25, 0.3) is 5.91 Å². The number of para-hydroxylation sites is 1. The molecule has 2 rings (SSSR count). The SMILES string of the molecule is C[C@@H](Oc1ccccc1Cl)C(=O)N[C@H](C(N)=O)c1ccccc1. The molecule has 5 nitrogen and oxygen atoms in total. The van der Waals surface area contributed by atoms with E-state index in [0.29, 0.717) is 16.3 Å². The van der Waals surface area contributed by atoms with Gasteiger partial charge in [-0.2, -0.15) is 0 Å². The average molecular weight is 333 g/mol. The zero-order valence-corrected chi connectivity index (χ0v) is 13.3. The molecular formula is C17H17ClN2O3. The fourth-order valence-electron chi connectivity index (χ4n) is 2.01. The number of carbonyl (C=O) groups excluding carboxylic acids is 2. The number of amides is 2. The largest absolute Gasteiger partial charge is 0.479 e. The fraction of sp³-hybridized carbons (Fsp3) is 0.176. The van der Waals surface area contributed by atoms with Crippen molar-refractivity contribution >= 4 is 23.4 Å². The summed E-state index contributed by atoms with van der Waals surface area (Å²) in [5, 5.41) is 2.99. The Kier molecular flexibility index (Phi) is 5.60. The Morgan fingerprint density at radius 2 is 1.70 bits per heavy atom. The van der Waals surface area contributed by atoms with E-state index >= 15 is 0 Å². The van der Waals surface area contributed by atoms with E-state index in [2.05, 4.69) is 5.32 Å². The van der Waals surface area contributed by atoms with E-state index < -0.39 is 24.0 Å². The molecule has 0 fully saturated rings. The minimum absolute atomic E-state index is 0.396. The van der Waals surface area contributed by atoms with Crippen molar-refractivity contribution in [3.8, 4) is 5.75 Å². The van der Waals surface area contributed by atoms with Crippen molar-refractivity contribution in [1.29, 1.82) is 0 Å². The summed E-state index contributed by atoms with van der Waals surface area (Å²) in [6, 6.07) is 14.7. The minimum atomic E-state index is -0.916. The number of nitrogens with one attached hydrogen (secondary N) is 1. The molecule has 0 aromatic heterocycles. The quantitative estimate of drug-likeness (QED) is 0.852. The summed E-state index contributed by atoms with van der Waals surface area (Å²) in [5.41, 5.74) is 5.99. The molecule has 0 aliphatic carbocycles. The second-order valence-corrected chi connectivity index (χ2v) is 5.35. The van der Waals surface area contributed by atoms with Gasteiger partial charge in [0, 0.05) is 0 Å². The third-order valence-corrected chi connectivity index (χ3v) is 3.53. The molecule has 2 aromatic carbocycles. The molecule has 0 bridgehead atoms. The van der Waals surface area contributed by atoms with E-state index in [4.69, 9.17) is 22.1 Å². The lowest BCUT2D eigenvalue weighted by Crippen LogP contribution is -2.43. The van der Waals surface area contributed by atoms with Crippen LogP contribution in [-0.2, 0) is 9.59 Å². The molecule has 0 radical (unpaired) electrons. The van der Waals surface area contributed by atoms with Crippen LogP contribution in [0.5, 0.6) is 5.75 Å². The van der Waals surface area contributed by atoms with Crippen LogP contribution in [0.15, 0.2) is 54.6 Å². The maximum Gasteiger partial charge on any atom is 0.261 e. The number of halogens is 1. The maximum atomic E-state index is 12.3. The lowest BCUT2D eigenvalue weighted by Gasteiger charge is -2.20. The van der Waals surface area contributed by atoms with Gasteiger partial charge in [0.05, 0.1) is 5.02 Å². The first-order valence-corrected chi connectivity index (χ1v) is 7.42. The molecule has 0 saturated heterocycles. The van der Waals surface area contributed by atoms with E-state index in [1.54, 1.807) is 55.5 Å². The molecule has 0 spiro atoms.